The SMILES string of the molecule is CC(C)CCCCC(C)C(C)NCI. The molecule has 86 valence electrons. The first-order valence-electron chi connectivity index (χ1n) is 5.87. The average molecular weight is 311 g/mol. The van der Waals surface area contributed by atoms with Gasteiger partial charge in [-0.3, -0.25) is 0 Å². The van der Waals surface area contributed by atoms with Crippen LogP contribution in [0.3, 0.4) is 0 Å². The van der Waals surface area contributed by atoms with Crippen LogP contribution >= 0.6 is 22.6 Å². The summed E-state index contributed by atoms with van der Waals surface area (Å²) in [5, 5.41) is 3.48. The van der Waals surface area contributed by atoms with Gasteiger partial charge in [-0.25, -0.2) is 0 Å². The monoisotopic (exact) mass is 311 g/mol. The van der Waals surface area contributed by atoms with E-state index in [4.69, 9.17) is 0 Å². The first-order valence-corrected chi connectivity index (χ1v) is 7.39. The smallest absolute Gasteiger partial charge is 0.0482 e. The number of rotatable bonds is 8. The van der Waals surface area contributed by atoms with Crippen LogP contribution in [0, 0.1) is 11.8 Å². The maximum atomic E-state index is 3.48. The Morgan fingerprint density at radius 1 is 1.00 bits per heavy atom. The van der Waals surface area contributed by atoms with Crippen molar-refractivity contribution >= 4 is 22.6 Å². The Hall–Kier alpha value is 0.690. The lowest BCUT2D eigenvalue weighted by molar-refractivity contribution is 0.378. The molecular weight excluding hydrogens is 285 g/mol. The van der Waals surface area contributed by atoms with E-state index < -0.39 is 0 Å². The molecule has 0 aliphatic rings. The van der Waals surface area contributed by atoms with Gasteiger partial charge in [-0.2, -0.15) is 0 Å². The van der Waals surface area contributed by atoms with Gasteiger partial charge in [-0.15, -0.1) is 0 Å². The highest BCUT2D eigenvalue weighted by Crippen LogP contribution is 2.15. The van der Waals surface area contributed by atoms with Crippen LogP contribution in [-0.4, -0.2) is 10.6 Å². The fourth-order valence-electron chi connectivity index (χ4n) is 1.59. The van der Waals surface area contributed by atoms with Crippen LogP contribution < -0.4 is 5.32 Å². The third-order valence-electron chi connectivity index (χ3n) is 2.94. The summed E-state index contributed by atoms with van der Waals surface area (Å²) in [6.45, 7) is 9.28. The molecule has 0 spiro atoms. The zero-order valence-corrected chi connectivity index (χ0v) is 12.3. The molecule has 0 saturated heterocycles. The Morgan fingerprint density at radius 2 is 1.57 bits per heavy atom. The fourth-order valence-corrected chi connectivity index (χ4v) is 2.29. The van der Waals surface area contributed by atoms with Gasteiger partial charge in [0.15, 0.2) is 0 Å². The van der Waals surface area contributed by atoms with E-state index in [9.17, 15) is 0 Å². The Bertz CT molecular complexity index is 125. The second kappa shape index (κ2) is 8.96. The predicted octanol–water partition coefficient (Wildman–Crippen LogP) is 4.21. The highest BCUT2D eigenvalue weighted by atomic mass is 127. The summed E-state index contributed by atoms with van der Waals surface area (Å²) >= 11 is 2.38. The van der Waals surface area contributed by atoms with Crippen LogP contribution in [0.2, 0.25) is 0 Å². The summed E-state index contributed by atoms with van der Waals surface area (Å²) in [5.74, 6) is 1.69. The lowest BCUT2D eigenvalue weighted by atomic mass is 9.95. The van der Waals surface area contributed by atoms with Gasteiger partial charge in [0, 0.05) is 10.6 Å². The van der Waals surface area contributed by atoms with E-state index in [1.807, 2.05) is 0 Å². The average Bonchev–Trinajstić information content (AvgIpc) is 2.12. The normalized spacial score (nSPS) is 15.9. The number of unbranched alkanes of at least 4 members (excludes halogenated alkanes) is 1. The van der Waals surface area contributed by atoms with Crippen molar-refractivity contribution in [2.45, 2.75) is 59.4 Å². The zero-order chi connectivity index (χ0) is 11.0. The molecule has 1 N–H and O–H groups in total. The zero-order valence-electron chi connectivity index (χ0n) is 10.1. The van der Waals surface area contributed by atoms with Crippen molar-refractivity contribution in [1.82, 2.24) is 5.32 Å². The highest BCUT2D eigenvalue weighted by molar-refractivity contribution is 14.1. The minimum absolute atomic E-state index is 0.672. The standard InChI is InChI=1S/C12H26IN/c1-10(2)7-5-6-8-11(3)12(4)14-9-13/h10-12,14H,5-9H2,1-4H3. The summed E-state index contributed by atoms with van der Waals surface area (Å²) in [6.07, 6.45) is 5.56. The molecule has 0 aromatic heterocycles. The highest BCUT2D eigenvalue weighted by Gasteiger charge is 2.10. The molecule has 0 fully saturated rings. The van der Waals surface area contributed by atoms with Crippen molar-refractivity contribution < 1.29 is 0 Å². The van der Waals surface area contributed by atoms with Gasteiger partial charge in [-0.05, 0) is 25.2 Å². The first-order chi connectivity index (χ1) is 6.57. The molecule has 0 radical (unpaired) electrons. The number of nitrogens with one attached hydrogen (secondary N) is 1. The molecule has 0 rings (SSSR count). The van der Waals surface area contributed by atoms with Gasteiger partial charge in [0.2, 0.25) is 0 Å². The third kappa shape index (κ3) is 8.04. The minimum atomic E-state index is 0.672. The van der Waals surface area contributed by atoms with Crippen LogP contribution in [0.15, 0.2) is 0 Å². The van der Waals surface area contributed by atoms with E-state index in [1.54, 1.807) is 0 Å². The van der Waals surface area contributed by atoms with Crippen molar-refractivity contribution in [2.75, 3.05) is 4.55 Å². The fraction of sp³-hybridized carbons (Fsp3) is 1.00. The van der Waals surface area contributed by atoms with Gasteiger partial charge in [0.1, 0.15) is 0 Å². The Morgan fingerprint density at radius 3 is 2.07 bits per heavy atom. The van der Waals surface area contributed by atoms with Gasteiger partial charge in [-0.1, -0.05) is 62.6 Å². The van der Waals surface area contributed by atoms with Gasteiger partial charge in [0.05, 0.1) is 0 Å². The third-order valence-corrected chi connectivity index (χ3v) is 3.38. The molecule has 2 unspecified atom stereocenters. The van der Waals surface area contributed by atoms with E-state index in [1.165, 1.54) is 25.7 Å². The minimum Gasteiger partial charge on any atom is -0.305 e. The molecule has 0 saturated carbocycles. The Balaban J connectivity index is 3.38. The van der Waals surface area contributed by atoms with Crippen LogP contribution in [-0.2, 0) is 0 Å². The van der Waals surface area contributed by atoms with Gasteiger partial charge < -0.3 is 5.32 Å². The van der Waals surface area contributed by atoms with Crippen molar-refractivity contribution in [1.29, 1.82) is 0 Å². The summed E-state index contributed by atoms with van der Waals surface area (Å²) in [7, 11) is 0. The number of hydrogen-bond acceptors (Lipinski definition) is 1. The van der Waals surface area contributed by atoms with Gasteiger partial charge in [0.25, 0.3) is 0 Å². The largest absolute Gasteiger partial charge is 0.305 e. The van der Waals surface area contributed by atoms with Gasteiger partial charge >= 0.3 is 0 Å². The lowest BCUT2D eigenvalue weighted by Gasteiger charge is -2.20. The van der Waals surface area contributed by atoms with Crippen molar-refractivity contribution in [3.05, 3.63) is 0 Å². The van der Waals surface area contributed by atoms with E-state index in [0.717, 1.165) is 16.4 Å². The van der Waals surface area contributed by atoms with Crippen LogP contribution in [0.25, 0.3) is 0 Å². The Kier molecular flexibility index (Phi) is 9.40. The summed E-state index contributed by atoms with van der Waals surface area (Å²) in [5.41, 5.74) is 0. The second-order valence-corrected chi connectivity index (χ2v) is 5.54. The molecule has 0 bridgehead atoms. The van der Waals surface area contributed by atoms with Crippen LogP contribution in [0.1, 0.15) is 53.4 Å². The van der Waals surface area contributed by atoms with E-state index in [2.05, 4.69) is 55.6 Å². The molecule has 1 nitrogen and oxygen atoms in total. The van der Waals surface area contributed by atoms with E-state index >= 15 is 0 Å². The van der Waals surface area contributed by atoms with Crippen molar-refractivity contribution in [3.8, 4) is 0 Å². The number of halogens is 1. The summed E-state index contributed by atoms with van der Waals surface area (Å²) < 4.78 is 1.06. The van der Waals surface area contributed by atoms with E-state index in [0.29, 0.717) is 6.04 Å². The molecule has 0 aliphatic carbocycles. The molecule has 2 atom stereocenters. The van der Waals surface area contributed by atoms with Crippen molar-refractivity contribution in [3.63, 3.8) is 0 Å². The predicted molar refractivity (Wildman–Crippen MR) is 74.0 cm³/mol. The van der Waals surface area contributed by atoms with E-state index in [-0.39, 0.29) is 0 Å². The topological polar surface area (TPSA) is 12.0 Å². The maximum Gasteiger partial charge on any atom is 0.0482 e. The van der Waals surface area contributed by atoms with Crippen molar-refractivity contribution in [2.24, 2.45) is 11.8 Å². The Labute approximate surface area is 104 Å². The number of alkyl halides is 1. The lowest BCUT2D eigenvalue weighted by Crippen LogP contribution is -2.30. The molecular formula is C12H26IN. The van der Waals surface area contributed by atoms with Crippen LogP contribution in [0.5, 0.6) is 0 Å². The molecule has 0 aromatic carbocycles. The van der Waals surface area contributed by atoms with Crippen LogP contribution in [0.4, 0.5) is 0 Å². The quantitative estimate of drug-likeness (QED) is 0.306. The maximum absolute atomic E-state index is 3.48. The molecule has 0 aliphatic heterocycles. The molecule has 0 aromatic rings. The first kappa shape index (κ1) is 14.7. The second-order valence-electron chi connectivity index (χ2n) is 4.78. The summed E-state index contributed by atoms with van der Waals surface area (Å²) in [6, 6.07) is 0.672. The number of hydrogen-bond donors (Lipinski definition) is 1. The molecule has 0 heterocycles. The summed E-state index contributed by atoms with van der Waals surface area (Å²) in [4.78, 5) is 0. The molecule has 14 heavy (non-hydrogen) atoms. The molecule has 2 heteroatoms. The molecule has 0 amide bonds.